The molecule has 0 spiro atoms. The minimum absolute atomic E-state index is 0. The molecule has 14 heavy (non-hydrogen) atoms. The SMILES string of the molecule is CC(C)(C)OC(=O)C(N)C(F)(F)F.Cl. The summed E-state index contributed by atoms with van der Waals surface area (Å²) in [5, 5.41) is 0. The van der Waals surface area contributed by atoms with Gasteiger partial charge >= 0.3 is 12.1 Å². The van der Waals surface area contributed by atoms with Crippen LogP contribution in [-0.2, 0) is 9.53 Å². The molecular formula is C7H13ClF3NO2. The lowest BCUT2D eigenvalue weighted by atomic mass is 10.2. The van der Waals surface area contributed by atoms with Crippen LogP contribution in [0.25, 0.3) is 0 Å². The number of halogens is 4. The van der Waals surface area contributed by atoms with Crippen molar-refractivity contribution in [3.05, 3.63) is 0 Å². The summed E-state index contributed by atoms with van der Waals surface area (Å²) in [6.45, 7) is 4.40. The van der Waals surface area contributed by atoms with Crippen LogP contribution < -0.4 is 5.73 Å². The molecule has 0 fully saturated rings. The fourth-order valence-electron chi connectivity index (χ4n) is 0.499. The van der Waals surface area contributed by atoms with Crippen LogP contribution in [0.4, 0.5) is 13.2 Å². The number of ether oxygens (including phenoxy) is 1. The van der Waals surface area contributed by atoms with Crippen LogP contribution in [0.1, 0.15) is 20.8 Å². The first kappa shape index (κ1) is 16.0. The van der Waals surface area contributed by atoms with Gasteiger partial charge in [0.1, 0.15) is 5.60 Å². The zero-order valence-electron chi connectivity index (χ0n) is 8.01. The van der Waals surface area contributed by atoms with Gasteiger partial charge in [-0.05, 0) is 20.8 Å². The van der Waals surface area contributed by atoms with E-state index < -0.39 is 23.8 Å². The summed E-state index contributed by atoms with van der Waals surface area (Å²) >= 11 is 0. The third kappa shape index (κ3) is 6.04. The molecule has 0 rings (SSSR count). The lowest BCUT2D eigenvalue weighted by molar-refractivity contribution is -0.187. The Morgan fingerprint density at radius 3 is 1.86 bits per heavy atom. The monoisotopic (exact) mass is 235 g/mol. The lowest BCUT2D eigenvalue weighted by Gasteiger charge is -2.22. The Labute approximate surface area is 86.2 Å². The van der Waals surface area contributed by atoms with Crippen molar-refractivity contribution < 1.29 is 22.7 Å². The Bertz CT molecular complexity index is 200. The highest BCUT2D eigenvalue weighted by atomic mass is 35.5. The quantitative estimate of drug-likeness (QED) is 0.703. The smallest absolute Gasteiger partial charge is 0.414 e. The number of nitrogens with two attached hydrogens (primary N) is 1. The molecule has 0 aromatic rings. The summed E-state index contributed by atoms with van der Waals surface area (Å²) in [7, 11) is 0. The molecule has 1 atom stereocenters. The van der Waals surface area contributed by atoms with Crippen LogP contribution in [0.2, 0.25) is 0 Å². The van der Waals surface area contributed by atoms with Gasteiger partial charge in [-0.15, -0.1) is 12.4 Å². The lowest BCUT2D eigenvalue weighted by Crippen LogP contribution is -2.47. The molecule has 3 nitrogen and oxygen atoms in total. The van der Waals surface area contributed by atoms with Crippen molar-refractivity contribution in [2.45, 2.75) is 38.6 Å². The Hall–Kier alpha value is -0.490. The molecule has 0 aromatic carbocycles. The zero-order valence-corrected chi connectivity index (χ0v) is 8.83. The van der Waals surface area contributed by atoms with Crippen molar-refractivity contribution in [3.63, 3.8) is 0 Å². The van der Waals surface area contributed by atoms with Gasteiger partial charge in [0.2, 0.25) is 0 Å². The standard InChI is InChI=1S/C7H12F3NO2.ClH/c1-6(2,3)13-5(12)4(11)7(8,9)10;/h4H,11H2,1-3H3;1H. The van der Waals surface area contributed by atoms with Gasteiger partial charge in [0.15, 0.2) is 6.04 Å². The number of rotatable bonds is 1. The first-order chi connectivity index (χ1) is 5.54. The highest BCUT2D eigenvalue weighted by Gasteiger charge is 2.44. The van der Waals surface area contributed by atoms with Gasteiger partial charge in [-0.1, -0.05) is 0 Å². The Balaban J connectivity index is 0. The minimum Gasteiger partial charge on any atom is -0.459 e. The van der Waals surface area contributed by atoms with Crippen LogP contribution in [0.3, 0.4) is 0 Å². The second kappa shape index (κ2) is 4.84. The van der Waals surface area contributed by atoms with Gasteiger partial charge in [-0.25, -0.2) is 4.79 Å². The molecule has 0 amide bonds. The number of hydrogen-bond acceptors (Lipinski definition) is 3. The Morgan fingerprint density at radius 2 is 1.64 bits per heavy atom. The van der Waals surface area contributed by atoms with Crippen LogP contribution in [0.15, 0.2) is 0 Å². The van der Waals surface area contributed by atoms with E-state index in [0.717, 1.165) is 0 Å². The van der Waals surface area contributed by atoms with Gasteiger partial charge < -0.3 is 10.5 Å². The predicted octanol–water partition coefficient (Wildman–Crippen LogP) is 1.64. The first-order valence-electron chi connectivity index (χ1n) is 3.59. The summed E-state index contributed by atoms with van der Waals surface area (Å²) in [6, 6.07) is -2.56. The van der Waals surface area contributed by atoms with E-state index in [1.54, 1.807) is 0 Å². The number of esters is 1. The van der Waals surface area contributed by atoms with Crippen molar-refractivity contribution in [3.8, 4) is 0 Å². The van der Waals surface area contributed by atoms with Gasteiger partial charge in [-0.2, -0.15) is 13.2 Å². The molecule has 2 N–H and O–H groups in total. The normalized spacial score (nSPS) is 14.2. The highest BCUT2D eigenvalue weighted by molar-refractivity contribution is 5.85. The molecule has 1 unspecified atom stereocenters. The van der Waals surface area contributed by atoms with Gasteiger partial charge in [0.25, 0.3) is 0 Å². The Morgan fingerprint density at radius 1 is 1.29 bits per heavy atom. The van der Waals surface area contributed by atoms with E-state index in [4.69, 9.17) is 0 Å². The van der Waals surface area contributed by atoms with E-state index in [1.807, 2.05) is 0 Å². The topological polar surface area (TPSA) is 52.3 Å². The van der Waals surface area contributed by atoms with Crippen LogP contribution in [-0.4, -0.2) is 23.8 Å². The first-order valence-corrected chi connectivity index (χ1v) is 3.59. The minimum atomic E-state index is -4.75. The van der Waals surface area contributed by atoms with E-state index in [1.165, 1.54) is 20.8 Å². The van der Waals surface area contributed by atoms with Crippen molar-refractivity contribution in [1.29, 1.82) is 0 Å². The molecule has 0 saturated carbocycles. The molecule has 0 aliphatic rings. The summed E-state index contributed by atoms with van der Waals surface area (Å²) in [6.07, 6.45) is -4.75. The van der Waals surface area contributed by atoms with Crippen molar-refractivity contribution >= 4 is 18.4 Å². The second-order valence-electron chi connectivity index (χ2n) is 3.55. The number of alkyl halides is 3. The van der Waals surface area contributed by atoms with Crippen LogP contribution >= 0.6 is 12.4 Å². The number of carbonyl (C=O) groups is 1. The maximum absolute atomic E-state index is 11.8. The summed E-state index contributed by atoms with van der Waals surface area (Å²) < 4.78 is 40.0. The van der Waals surface area contributed by atoms with Gasteiger partial charge in [0.05, 0.1) is 0 Å². The predicted molar refractivity (Wildman–Crippen MR) is 47.1 cm³/mol. The van der Waals surface area contributed by atoms with E-state index in [-0.39, 0.29) is 12.4 Å². The zero-order chi connectivity index (χ0) is 10.9. The fourth-order valence-corrected chi connectivity index (χ4v) is 0.499. The largest absolute Gasteiger partial charge is 0.459 e. The summed E-state index contributed by atoms with van der Waals surface area (Å²) in [5.41, 5.74) is 3.64. The number of carbonyl (C=O) groups excluding carboxylic acids is 1. The third-order valence-electron chi connectivity index (χ3n) is 1.01. The molecule has 0 bridgehead atoms. The van der Waals surface area contributed by atoms with Gasteiger partial charge in [0, 0.05) is 0 Å². The van der Waals surface area contributed by atoms with E-state index in [9.17, 15) is 18.0 Å². The molecule has 0 aliphatic heterocycles. The van der Waals surface area contributed by atoms with Crippen molar-refractivity contribution in [2.75, 3.05) is 0 Å². The van der Waals surface area contributed by atoms with E-state index in [2.05, 4.69) is 10.5 Å². The maximum Gasteiger partial charge on any atom is 0.414 e. The molecule has 0 aromatic heterocycles. The third-order valence-corrected chi connectivity index (χ3v) is 1.01. The van der Waals surface area contributed by atoms with Crippen LogP contribution in [0.5, 0.6) is 0 Å². The molecule has 0 aliphatic carbocycles. The maximum atomic E-state index is 11.8. The molecular weight excluding hydrogens is 223 g/mol. The summed E-state index contributed by atoms with van der Waals surface area (Å²) in [5.74, 6) is -1.46. The second-order valence-corrected chi connectivity index (χ2v) is 3.55. The van der Waals surface area contributed by atoms with E-state index >= 15 is 0 Å². The van der Waals surface area contributed by atoms with Crippen molar-refractivity contribution in [1.82, 2.24) is 0 Å². The highest BCUT2D eigenvalue weighted by Crippen LogP contribution is 2.21. The van der Waals surface area contributed by atoms with Gasteiger partial charge in [-0.3, -0.25) is 0 Å². The van der Waals surface area contributed by atoms with E-state index in [0.29, 0.717) is 0 Å². The van der Waals surface area contributed by atoms with Crippen LogP contribution in [0, 0.1) is 0 Å². The van der Waals surface area contributed by atoms with Crippen molar-refractivity contribution in [2.24, 2.45) is 5.73 Å². The Kier molecular flexibility index (Phi) is 5.51. The number of hydrogen-bond donors (Lipinski definition) is 1. The molecule has 0 saturated heterocycles. The average Bonchev–Trinajstić information content (AvgIpc) is 1.79. The average molecular weight is 236 g/mol. The molecule has 0 radical (unpaired) electrons. The summed E-state index contributed by atoms with van der Waals surface area (Å²) in [4.78, 5) is 10.7. The fraction of sp³-hybridized carbons (Fsp3) is 0.857. The molecule has 7 heteroatoms. The molecule has 86 valence electrons. The molecule has 0 heterocycles.